The third kappa shape index (κ3) is 3.86. The predicted octanol–water partition coefficient (Wildman–Crippen LogP) is 2.68. The normalized spacial score (nSPS) is 15.8. The lowest BCUT2D eigenvalue weighted by molar-refractivity contribution is 0.0521. The first kappa shape index (κ1) is 15.6. The molecule has 1 fully saturated rings. The van der Waals surface area contributed by atoms with Gasteiger partial charge in [0.05, 0.1) is 22.4 Å². The number of nitrogens with zero attached hydrogens (tertiary/aromatic N) is 1. The van der Waals surface area contributed by atoms with Crippen LogP contribution in [0.15, 0.2) is 18.2 Å². The maximum absolute atomic E-state index is 12.2. The first-order chi connectivity index (χ1) is 10.0. The molecule has 0 unspecified atom stereocenters. The molecule has 1 saturated heterocycles. The van der Waals surface area contributed by atoms with Gasteiger partial charge < -0.3 is 20.1 Å². The molecule has 7 heteroatoms. The summed E-state index contributed by atoms with van der Waals surface area (Å²) in [5, 5.41) is 11.9. The van der Waals surface area contributed by atoms with Crippen molar-refractivity contribution in [3.05, 3.63) is 28.8 Å². The summed E-state index contributed by atoms with van der Waals surface area (Å²) in [6.45, 7) is 1.20. The predicted molar refractivity (Wildman–Crippen MR) is 79.0 cm³/mol. The van der Waals surface area contributed by atoms with Gasteiger partial charge in [0, 0.05) is 20.2 Å². The van der Waals surface area contributed by atoms with Crippen molar-refractivity contribution in [1.29, 1.82) is 0 Å². The van der Waals surface area contributed by atoms with Crippen molar-refractivity contribution in [3.8, 4) is 0 Å². The number of methoxy groups -OCH3 is 1. The number of urea groups is 1. The van der Waals surface area contributed by atoms with Crippen LogP contribution in [0.3, 0.4) is 0 Å². The summed E-state index contributed by atoms with van der Waals surface area (Å²) in [7, 11) is 1.66. The SMILES string of the molecule is COC1CCN(C(=O)Nc2cc(C(=O)O)ccc2Cl)CC1. The summed E-state index contributed by atoms with van der Waals surface area (Å²) in [6, 6.07) is 3.92. The number of hydrogen-bond acceptors (Lipinski definition) is 3. The van der Waals surface area contributed by atoms with Crippen LogP contribution in [-0.2, 0) is 4.74 Å². The van der Waals surface area contributed by atoms with E-state index in [9.17, 15) is 9.59 Å². The molecule has 1 aliphatic rings. The number of likely N-dealkylation sites (tertiary alicyclic amines) is 1. The van der Waals surface area contributed by atoms with Crippen molar-refractivity contribution in [1.82, 2.24) is 4.90 Å². The van der Waals surface area contributed by atoms with E-state index in [0.717, 1.165) is 12.8 Å². The van der Waals surface area contributed by atoms with Crippen LogP contribution in [0, 0.1) is 0 Å². The van der Waals surface area contributed by atoms with Crippen LogP contribution in [0.25, 0.3) is 0 Å². The zero-order valence-electron chi connectivity index (χ0n) is 11.6. The topological polar surface area (TPSA) is 78.9 Å². The van der Waals surface area contributed by atoms with Crippen molar-refractivity contribution in [2.24, 2.45) is 0 Å². The van der Waals surface area contributed by atoms with Crippen molar-refractivity contribution in [3.63, 3.8) is 0 Å². The van der Waals surface area contributed by atoms with Crippen LogP contribution in [0.4, 0.5) is 10.5 Å². The molecule has 2 rings (SSSR count). The fourth-order valence-corrected chi connectivity index (χ4v) is 2.41. The van der Waals surface area contributed by atoms with E-state index in [1.807, 2.05) is 0 Å². The van der Waals surface area contributed by atoms with Crippen LogP contribution in [-0.4, -0.2) is 48.3 Å². The van der Waals surface area contributed by atoms with E-state index in [2.05, 4.69) is 5.32 Å². The molecule has 21 heavy (non-hydrogen) atoms. The summed E-state index contributed by atoms with van der Waals surface area (Å²) in [5.74, 6) is -1.07. The number of benzene rings is 1. The Morgan fingerprint density at radius 3 is 2.62 bits per heavy atom. The molecule has 0 aliphatic carbocycles. The molecule has 1 aromatic rings. The summed E-state index contributed by atoms with van der Waals surface area (Å²) in [4.78, 5) is 24.8. The number of rotatable bonds is 3. The minimum atomic E-state index is -1.07. The second-order valence-electron chi connectivity index (χ2n) is 4.85. The maximum atomic E-state index is 12.2. The number of ether oxygens (including phenoxy) is 1. The number of piperidine rings is 1. The third-order valence-electron chi connectivity index (χ3n) is 3.52. The number of aromatic carboxylic acids is 1. The number of amides is 2. The average molecular weight is 313 g/mol. The minimum Gasteiger partial charge on any atom is -0.478 e. The Bertz CT molecular complexity index is 542. The van der Waals surface area contributed by atoms with E-state index in [1.165, 1.54) is 18.2 Å². The van der Waals surface area contributed by atoms with Crippen molar-refractivity contribution >= 4 is 29.3 Å². The number of carboxylic acids is 1. The molecule has 114 valence electrons. The second-order valence-corrected chi connectivity index (χ2v) is 5.26. The lowest BCUT2D eigenvalue weighted by Crippen LogP contribution is -2.42. The zero-order chi connectivity index (χ0) is 15.4. The van der Waals surface area contributed by atoms with Gasteiger partial charge in [0.1, 0.15) is 0 Å². The molecular formula is C14H17ClN2O4. The fraction of sp³-hybridized carbons (Fsp3) is 0.429. The molecule has 0 aromatic heterocycles. The van der Waals surface area contributed by atoms with Crippen LogP contribution < -0.4 is 5.32 Å². The number of carboxylic acid groups (broad SMARTS) is 1. The Morgan fingerprint density at radius 1 is 1.38 bits per heavy atom. The van der Waals surface area contributed by atoms with Crippen molar-refractivity contribution in [2.75, 3.05) is 25.5 Å². The van der Waals surface area contributed by atoms with Crippen molar-refractivity contribution in [2.45, 2.75) is 18.9 Å². The first-order valence-corrected chi connectivity index (χ1v) is 7.00. The van der Waals surface area contributed by atoms with Gasteiger partial charge in [-0.3, -0.25) is 0 Å². The quantitative estimate of drug-likeness (QED) is 0.899. The van der Waals surface area contributed by atoms with Gasteiger partial charge in [0.15, 0.2) is 0 Å². The Kier molecular flexibility index (Phi) is 5.03. The number of anilines is 1. The highest BCUT2D eigenvalue weighted by Crippen LogP contribution is 2.24. The van der Waals surface area contributed by atoms with Gasteiger partial charge in [-0.1, -0.05) is 11.6 Å². The largest absolute Gasteiger partial charge is 0.478 e. The van der Waals surface area contributed by atoms with E-state index in [0.29, 0.717) is 23.8 Å². The number of carbonyl (C=O) groups excluding carboxylic acids is 1. The van der Waals surface area contributed by atoms with Gasteiger partial charge >= 0.3 is 12.0 Å². The van der Waals surface area contributed by atoms with Gasteiger partial charge in [0.25, 0.3) is 0 Å². The Balaban J connectivity index is 2.03. The molecule has 2 amide bonds. The first-order valence-electron chi connectivity index (χ1n) is 6.63. The Labute approximate surface area is 127 Å². The molecule has 0 saturated carbocycles. The molecule has 1 heterocycles. The molecule has 6 nitrogen and oxygen atoms in total. The van der Waals surface area contributed by atoms with Crippen LogP contribution in [0.5, 0.6) is 0 Å². The van der Waals surface area contributed by atoms with Crippen LogP contribution in [0.2, 0.25) is 5.02 Å². The molecule has 0 radical (unpaired) electrons. The zero-order valence-corrected chi connectivity index (χ0v) is 12.4. The monoisotopic (exact) mass is 312 g/mol. The standard InChI is InChI=1S/C14H17ClN2O4/c1-21-10-4-6-17(7-5-10)14(20)16-12-8-9(13(18)19)2-3-11(12)15/h2-3,8,10H,4-7H2,1H3,(H,16,20)(H,18,19). The number of halogens is 1. The molecular weight excluding hydrogens is 296 g/mol. The van der Waals surface area contributed by atoms with E-state index in [-0.39, 0.29) is 17.7 Å². The van der Waals surface area contributed by atoms with Gasteiger partial charge in [-0.25, -0.2) is 9.59 Å². The molecule has 1 aromatic carbocycles. The van der Waals surface area contributed by atoms with Crippen LogP contribution >= 0.6 is 11.6 Å². The average Bonchev–Trinajstić information content (AvgIpc) is 2.49. The fourth-order valence-electron chi connectivity index (χ4n) is 2.24. The molecule has 1 aliphatic heterocycles. The van der Waals surface area contributed by atoms with E-state index < -0.39 is 5.97 Å². The lowest BCUT2D eigenvalue weighted by atomic mass is 10.1. The highest BCUT2D eigenvalue weighted by molar-refractivity contribution is 6.33. The number of carbonyl (C=O) groups is 2. The Morgan fingerprint density at radius 2 is 2.05 bits per heavy atom. The number of hydrogen-bond donors (Lipinski definition) is 2. The van der Waals surface area contributed by atoms with Gasteiger partial charge in [0.2, 0.25) is 0 Å². The summed E-state index contributed by atoms with van der Waals surface area (Å²) in [6.07, 6.45) is 1.76. The van der Waals surface area contributed by atoms with Gasteiger partial charge in [-0.05, 0) is 31.0 Å². The lowest BCUT2D eigenvalue weighted by Gasteiger charge is -2.31. The maximum Gasteiger partial charge on any atom is 0.335 e. The smallest absolute Gasteiger partial charge is 0.335 e. The molecule has 0 spiro atoms. The van der Waals surface area contributed by atoms with E-state index in [1.54, 1.807) is 12.0 Å². The Hall–Kier alpha value is -1.79. The molecule has 0 bridgehead atoms. The van der Waals surface area contributed by atoms with Gasteiger partial charge in [-0.2, -0.15) is 0 Å². The minimum absolute atomic E-state index is 0.0767. The summed E-state index contributed by atoms with van der Waals surface area (Å²) < 4.78 is 5.25. The van der Waals surface area contributed by atoms with Crippen LogP contribution in [0.1, 0.15) is 23.2 Å². The highest BCUT2D eigenvalue weighted by Gasteiger charge is 2.23. The highest BCUT2D eigenvalue weighted by atomic mass is 35.5. The number of nitrogens with one attached hydrogen (secondary N) is 1. The van der Waals surface area contributed by atoms with E-state index >= 15 is 0 Å². The second kappa shape index (κ2) is 6.78. The van der Waals surface area contributed by atoms with E-state index in [4.69, 9.17) is 21.4 Å². The summed E-state index contributed by atoms with van der Waals surface area (Å²) in [5.41, 5.74) is 0.378. The van der Waals surface area contributed by atoms with Crippen molar-refractivity contribution < 1.29 is 19.4 Å². The molecule has 0 atom stereocenters. The van der Waals surface area contributed by atoms with Gasteiger partial charge in [-0.15, -0.1) is 0 Å². The third-order valence-corrected chi connectivity index (χ3v) is 3.85. The summed E-state index contributed by atoms with van der Waals surface area (Å²) >= 11 is 5.98. The molecule has 2 N–H and O–H groups in total.